The van der Waals surface area contributed by atoms with E-state index in [1.165, 1.54) is 0 Å². The molecule has 2 aromatic carbocycles. The Hall–Kier alpha value is -3.38. The first kappa shape index (κ1) is 23.8. The van der Waals surface area contributed by atoms with E-state index >= 15 is 0 Å². The number of hydrazone groups is 1. The van der Waals surface area contributed by atoms with Gasteiger partial charge in [0.05, 0.1) is 5.71 Å². The topological polar surface area (TPSA) is 80.9 Å². The molecule has 0 atom stereocenters. The fraction of sp³-hybridized carbons (Fsp3) is 0.296. The van der Waals surface area contributed by atoms with Crippen molar-refractivity contribution in [3.8, 4) is 5.75 Å². The van der Waals surface area contributed by atoms with E-state index < -0.39 is 5.97 Å². The summed E-state index contributed by atoms with van der Waals surface area (Å²) in [5.41, 5.74) is 7.08. The monoisotopic (exact) mass is 478 g/mol. The average molecular weight is 479 g/mol. The quantitative estimate of drug-likeness (QED) is 0.262. The molecule has 1 aliphatic carbocycles. The molecule has 1 aliphatic rings. The third-order valence-electron chi connectivity index (χ3n) is 5.88. The predicted molar refractivity (Wildman–Crippen MR) is 132 cm³/mol. The number of fused-ring (bicyclic) bond motifs is 1. The maximum Gasteiger partial charge on any atom is 0.379 e. The number of nitrogens with zero attached hydrogens (tertiary/aromatic N) is 1. The molecule has 0 fully saturated rings. The van der Waals surface area contributed by atoms with Crippen molar-refractivity contribution in [1.29, 1.82) is 0 Å². The van der Waals surface area contributed by atoms with Gasteiger partial charge in [0.25, 0.3) is 5.91 Å². The van der Waals surface area contributed by atoms with Gasteiger partial charge in [-0.05, 0) is 68.0 Å². The van der Waals surface area contributed by atoms with Crippen LogP contribution in [0.1, 0.15) is 81.5 Å². The largest absolute Gasteiger partial charge is 0.453 e. The normalized spacial score (nSPS) is 14.2. The molecule has 0 aliphatic heterocycles. The lowest BCUT2D eigenvalue weighted by atomic mass is 9.93. The summed E-state index contributed by atoms with van der Waals surface area (Å²) in [7, 11) is 0. The molecule has 0 saturated heterocycles. The predicted octanol–water partition coefficient (Wildman–Crippen LogP) is 6.36. The van der Waals surface area contributed by atoms with E-state index in [9.17, 15) is 9.59 Å². The second kappa shape index (κ2) is 9.85. The summed E-state index contributed by atoms with van der Waals surface area (Å²) in [6.07, 6.45) is 2.15. The lowest BCUT2D eigenvalue weighted by Crippen LogP contribution is -2.22. The molecule has 1 aromatic heterocycles. The minimum atomic E-state index is -0.540. The lowest BCUT2D eigenvalue weighted by Gasteiger charge is -2.13. The fourth-order valence-corrected chi connectivity index (χ4v) is 4.33. The highest BCUT2D eigenvalue weighted by Gasteiger charge is 2.29. The van der Waals surface area contributed by atoms with Crippen molar-refractivity contribution in [2.24, 2.45) is 5.10 Å². The molecule has 7 heteroatoms. The van der Waals surface area contributed by atoms with Gasteiger partial charge in [-0.2, -0.15) is 5.10 Å². The summed E-state index contributed by atoms with van der Waals surface area (Å²) in [6.45, 7) is 7.88. The Morgan fingerprint density at radius 3 is 2.65 bits per heavy atom. The van der Waals surface area contributed by atoms with Gasteiger partial charge in [0.15, 0.2) is 0 Å². The third-order valence-corrected chi connectivity index (χ3v) is 6.12. The van der Waals surface area contributed by atoms with Gasteiger partial charge in [-0.25, -0.2) is 10.2 Å². The number of rotatable bonds is 5. The van der Waals surface area contributed by atoms with E-state index in [0.717, 1.165) is 23.1 Å². The Morgan fingerprint density at radius 1 is 1.12 bits per heavy atom. The summed E-state index contributed by atoms with van der Waals surface area (Å²) in [4.78, 5) is 25.6. The lowest BCUT2D eigenvalue weighted by molar-refractivity contribution is 0.0696. The second-order valence-electron chi connectivity index (χ2n) is 8.80. The maximum atomic E-state index is 13.1. The van der Waals surface area contributed by atoms with Crippen molar-refractivity contribution in [3.63, 3.8) is 0 Å². The van der Waals surface area contributed by atoms with Crippen LogP contribution < -0.4 is 10.2 Å². The smallest absolute Gasteiger partial charge is 0.379 e. The van der Waals surface area contributed by atoms with Crippen LogP contribution in [0.3, 0.4) is 0 Å². The van der Waals surface area contributed by atoms with Crippen molar-refractivity contribution >= 4 is 29.2 Å². The Morgan fingerprint density at radius 2 is 1.91 bits per heavy atom. The molecule has 1 amide bonds. The number of carbonyl (C=O) groups is 2. The number of carbonyl (C=O) groups excluding carboxylic acids is 2. The summed E-state index contributed by atoms with van der Waals surface area (Å²) < 4.78 is 11.7. The van der Waals surface area contributed by atoms with Crippen LogP contribution in [0.25, 0.3) is 0 Å². The number of hydrogen-bond acceptors (Lipinski definition) is 5. The van der Waals surface area contributed by atoms with Gasteiger partial charge in [-0.15, -0.1) is 0 Å². The zero-order valence-electron chi connectivity index (χ0n) is 19.7. The van der Waals surface area contributed by atoms with Crippen molar-refractivity contribution < 1.29 is 18.7 Å². The van der Waals surface area contributed by atoms with Crippen molar-refractivity contribution in [1.82, 2.24) is 5.43 Å². The molecule has 3 aromatic rings. The number of nitrogens with one attached hydrogen (secondary N) is 1. The Labute approximate surface area is 204 Å². The number of halogens is 1. The molecule has 34 heavy (non-hydrogen) atoms. The molecule has 0 bridgehead atoms. The van der Waals surface area contributed by atoms with Crippen molar-refractivity contribution in [2.75, 3.05) is 0 Å². The van der Waals surface area contributed by atoms with E-state index in [2.05, 4.69) is 24.4 Å². The number of ether oxygens (including phenoxy) is 1. The van der Waals surface area contributed by atoms with Crippen LogP contribution in [0.15, 0.2) is 52.0 Å². The summed E-state index contributed by atoms with van der Waals surface area (Å²) in [5, 5.41) is 4.83. The van der Waals surface area contributed by atoms with Gasteiger partial charge < -0.3 is 9.15 Å². The van der Waals surface area contributed by atoms with E-state index in [1.807, 2.05) is 32.0 Å². The van der Waals surface area contributed by atoms with E-state index in [0.29, 0.717) is 46.2 Å². The van der Waals surface area contributed by atoms with Crippen LogP contribution >= 0.6 is 11.6 Å². The van der Waals surface area contributed by atoms with Crippen molar-refractivity contribution in [2.45, 2.75) is 52.9 Å². The molecular weight excluding hydrogens is 452 g/mol. The molecule has 0 unspecified atom stereocenters. The van der Waals surface area contributed by atoms with Gasteiger partial charge in [0.1, 0.15) is 11.5 Å². The molecule has 1 heterocycles. The van der Waals surface area contributed by atoms with E-state index in [-0.39, 0.29) is 17.6 Å². The first-order valence-corrected chi connectivity index (χ1v) is 11.7. The van der Waals surface area contributed by atoms with Crippen LogP contribution in [0.5, 0.6) is 5.75 Å². The maximum absolute atomic E-state index is 13.1. The summed E-state index contributed by atoms with van der Waals surface area (Å²) in [6, 6.07) is 12.5. The average Bonchev–Trinajstić information content (AvgIpc) is 3.14. The standard InChI is InChI=1S/C27H27ClN2O4/c1-15(2)20-12-11-16(3)13-23(20)34-27(32)25-17(4)24-21(9-6-10-22(24)33-25)29-30-26(31)18-7-5-8-19(28)14-18/h5,7-8,11-15H,6,9-10H2,1-4H3,(H,30,31)/b29-21+. The first-order valence-electron chi connectivity index (χ1n) is 11.3. The number of esters is 1. The van der Waals surface area contributed by atoms with Crippen LogP contribution in [-0.2, 0) is 6.42 Å². The zero-order valence-corrected chi connectivity index (χ0v) is 20.5. The Bertz CT molecular complexity index is 1290. The van der Waals surface area contributed by atoms with Gasteiger partial charge in [0, 0.05) is 28.1 Å². The molecule has 6 nitrogen and oxygen atoms in total. The van der Waals surface area contributed by atoms with E-state index in [1.54, 1.807) is 24.3 Å². The summed E-state index contributed by atoms with van der Waals surface area (Å²) in [5.74, 6) is 0.689. The van der Waals surface area contributed by atoms with E-state index in [4.69, 9.17) is 20.8 Å². The third kappa shape index (κ3) is 4.92. The Balaban J connectivity index is 1.59. The SMILES string of the molecule is Cc1ccc(C(C)C)c(OC(=O)c2oc3c(c2C)/C(=N/NC(=O)c2cccc(Cl)c2)CCC3)c1. The van der Waals surface area contributed by atoms with Crippen LogP contribution in [0.4, 0.5) is 0 Å². The van der Waals surface area contributed by atoms with Gasteiger partial charge >= 0.3 is 5.97 Å². The highest BCUT2D eigenvalue weighted by molar-refractivity contribution is 6.31. The first-order chi connectivity index (χ1) is 16.2. The molecule has 0 saturated carbocycles. The van der Waals surface area contributed by atoms with Crippen LogP contribution in [0, 0.1) is 13.8 Å². The van der Waals surface area contributed by atoms with Gasteiger partial charge in [-0.1, -0.05) is 43.6 Å². The van der Waals surface area contributed by atoms with Gasteiger partial charge in [-0.3, -0.25) is 4.79 Å². The minimum absolute atomic E-state index is 0.164. The summed E-state index contributed by atoms with van der Waals surface area (Å²) >= 11 is 5.98. The second-order valence-corrected chi connectivity index (χ2v) is 9.24. The number of hydrogen-bond donors (Lipinski definition) is 1. The number of furan rings is 1. The number of amides is 1. The van der Waals surface area contributed by atoms with Crippen LogP contribution in [0.2, 0.25) is 5.02 Å². The van der Waals surface area contributed by atoms with Crippen LogP contribution in [-0.4, -0.2) is 17.6 Å². The molecule has 0 radical (unpaired) electrons. The molecule has 176 valence electrons. The highest BCUT2D eigenvalue weighted by atomic mass is 35.5. The van der Waals surface area contributed by atoms with Crippen molar-refractivity contribution in [3.05, 3.63) is 86.8 Å². The molecule has 0 spiro atoms. The zero-order chi connectivity index (χ0) is 24.4. The Kier molecular flexibility index (Phi) is 6.89. The highest BCUT2D eigenvalue weighted by Crippen LogP contribution is 2.32. The van der Waals surface area contributed by atoms with Gasteiger partial charge in [0.2, 0.25) is 5.76 Å². The molecule has 1 N–H and O–H groups in total. The fourth-order valence-electron chi connectivity index (χ4n) is 4.14. The molecule has 4 rings (SSSR count). The molecular formula is C27H27ClN2O4. The number of benzene rings is 2. The minimum Gasteiger partial charge on any atom is -0.453 e. The number of aryl methyl sites for hydroxylation is 2.